The number of nitrogens with zero attached hydrogens (tertiary/aromatic N) is 2. The fourth-order valence-electron chi connectivity index (χ4n) is 3.06. The molecule has 3 rings (SSSR count). The first kappa shape index (κ1) is 19.4. The van der Waals surface area contributed by atoms with E-state index in [0.717, 1.165) is 22.5 Å². The predicted octanol–water partition coefficient (Wildman–Crippen LogP) is 4.87. The van der Waals surface area contributed by atoms with Gasteiger partial charge in [0.25, 0.3) is 0 Å². The molecule has 2 aromatic rings. The molecule has 0 fully saturated rings. The number of rotatable bonds is 2. The zero-order chi connectivity index (χ0) is 18.9. The van der Waals surface area contributed by atoms with E-state index >= 15 is 0 Å². The van der Waals surface area contributed by atoms with Crippen molar-refractivity contribution in [1.29, 1.82) is 0 Å². The van der Waals surface area contributed by atoms with Crippen molar-refractivity contribution in [1.82, 2.24) is 0 Å². The number of carbonyl (C=O) groups is 1. The number of ketones is 1. The van der Waals surface area contributed by atoms with Crippen LogP contribution < -0.4 is 9.80 Å². The molecule has 136 valence electrons. The normalized spacial score (nSPS) is 15.3. The van der Waals surface area contributed by atoms with Crippen molar-refractivity contribution >= 4 is 27.2 Å². The lowest BCUT2D eigenvalue weighted by Crippen LogP contribution is -2.20. The standard InChI is InChI=1S/C19H24N2OS.C2H6/c1-20(2)13-7-9-15-17(11-13)23(5,6)18-12-14(21(3)4)8-10-16(18)19(15)22;1-2/h7-12H,1-6H3;1-2H3. The average molecular weight is 359 g/mol. The molecular formula is C21H30N2OS. The monoisotopic (exact) mass is 358 g/mol. The molecule has 3 nitrogen and oxygen atoms in total. The molecule has 1 heterocycles. The molecule has 1 aliphatic rings. The molecule has 0 radical (unpaired) electrons. The second kappa shape index (κ2) is 7.12. The fraction of sp³-hybridized carbons (Fsp3) is 0.381. The quantitative estimate of drug-likeness (QED) is 0.765. The second-order valence-corrected chi connectivity index (χ2v) is 10.3. The molecule has 0 amide bonds. The summed E-state index contributed by atoms with van der Waals surface area (Å²) >= 11 is 0. The first-order chi connectivity index (χ1) is 11.7. The van der Waals surface area contributed by atoms with E-state index in [1.165, 1.54) is 9.79 Å². The van der Waals surface area contributed by atoms with E-state index in [0.29, 0.717) is 0 Å². The molecule has 0 saturated heterocycles. The minimum Gasteiger partial charge on any atom is -0.378 e. The van der Waals surface area contributed by atoms with E-state index in [1.54, 1.807) is 0 Å². The Bertz CT molecular complexity index is 731. The molecule has 0 bridgehead atoms. The van der Waals surface area contributed by atoms with Gasteiger partial charge in [0, 0.05) is 60.5 Å². The Morgan fingerprint density at radius 3 is 1.40 bits per heavy atom. The number of fused-ring (bicyclic) bond motifs is 2. The third-order valence-corrected chi connectivity index (χ3v) is 7.43. The molecule has 25 heavy (non-hydrogen) atoms. The van der Waals surface area contributed by atoms with Crippen LogP contribution in [0.5, 0.6) is 0 Å². The Morgan fingerprint density at radius 2 is 1.08 bits per heavy atom. The molecule has 0 spiro atoms. The van der Waals surface area contributed by atoms with Crippen molar-refractivity contribution in [2.75, 3.05) is 50.5 Å². The molecule has 0 atom stereocenters. The third-order valence-electron chi connectivity index (χ3n) is 4.55. The smallest absolute Gasteiger partial charge is 0.195 e. The van der Waals surface area contributed by atoms with Gasteiger partial charge in [-0.25, -0.2) is 0 Å². The predicted molar refractivity (Wildman–Crippen MR) is 112 cm³/mol. The molecular weight excluding hydrogens is 328 g/mol. The minimum atomic E-state index is -1.22. The molecule has 0 aromatic heterocycles. The van der Waals surface area contributed by atoms with Gasteiger partial charge < -0.3 is 9.80 Å². The lowest BCUT2D eigenvalue weighted by molar-refractivity contribution is 0.103. The molecule has 0 saturated carbocycles. The van der Waals surface area contributed by atoms with Crippen LogP contribution in [-0.2, 0) is 0 Å². The highest BCUT2D eigenvalue weighted by molar-refractivity contribution is 8.32. The van der Waals surface area contributed by atoms with Gasteiger partial charge in [-0.2, -0.15) is 10.0 Å². The van der Waals surface area contributed by atoms with Crippen molar-refractivity contribution in [3.63, 3.8) is 0 Å². The highest BCUT2D eigenvalue weighted by Crippen LogP contribution is 2.62. The van der Waals surface area contributed by atoms with Crippen LogP contribution in [0.4, 0.5) is 11.4 Å². The van der Waals surface area contributed by atoms with Crippen LogP contribution in [0.2, 0.25) is 0 Å². The summed E-state index contributed by atoms with van der Waals surface area (Å²) in [5, 5.41) is 0. The van der Waals surface area contributed by atoms with E-state index in [1.807, 2.05) is 66.3 Å². The minimum absolute atomic E-state index is 0.150. The Morgan fingerprint density at radius 1 is 0.720 bits per heavy atom. The molecule has 4 heteroatoms. The summed E-state index contributed by atoms with van der Waals surface area (Å²) in [5.41, 5.74) is 4.01. The Hall–Kier alpha value is -1.94. The highest BCUT2D eigenvalue weighted by atomic mass is 32.3. The topological polar surface area (TPSA) is 23.6 Å². The number of anilines is 2. The van der Waals surface area contributed by atoms with Crippen LogP contribution in [0.15, 0.2) is 46.2 Å². The van der Waals surface area contributed by atoms with Gasteiger partial charge in [-0.15, -0.1) is 0 Å². The number of carbonyl (C=O) groups excluding carboxylic acids is 1. The van der Waals surface area contributed by atoms with E-state index in [4.69, 9.17) is 0 Å². The van der Waals surface area contributed by atoms with Crippen molar-refractivity contribution in [3.8, 4) is 0 Å². The summed E-state index contributed by atoms with van der Waals surface area (Å²) in [5.74, 6) is 0.150. The lowest BCUT2D eigenvalue weighted by atomic mass is 10.0. The van der Waals surface area contributed by atoms with Crippen LogP contribution in [-0.4, -0.2) is 46.5 Å². The van der Waals surface area contributed by atoms with Gasteiger partial charge in [-0.1, -0.05) is 13.8 Å². The van der Waals surface area contributed by atoms with Gasteiger partial charge in [0.05, 0.1) is 0 Å². The van der Waals surface area contributed by atoms with Crippen molar-refractivity contribution in [2.45, 2.75) is 23.6 Å². The number of hydrogen-bond donors (Lipinski definition) is 0. The summed E-state index contributed by atoms with van der Waals surface area (Å²) < 4.78 is 0. The number of hydrogen-bond acceptors (Lipinski definition) is 3. The van der Waals surface area contributed by atoms with Gasteiger partial charge in [0.2, 0.25) is 0 Å². The molecule has 0 unspecified atom stereocenters. The summed E-state index contributed by atoms with van der Waals surface area (Å²) in [6.07, 6.45) is 4.58. The van der Waals surface area contributed by atoms with Gasteiger partial charge in [-0.3, -0.25) is 4.79 Å². The van der Waals surface area contributed by atoms with Gasteiger partial charge >= 0.3 is 0 Å². The summed E-state index contributed by atoms with van der Waals surface area (Å²) in [6.45, 7) is 4.00. The van der Waals surface area contributed by atoms with E-state index in [-0.39, 0.29) is 5.78 Å². The average Bonchev–Trinajstić information content (AvgIpc) is 2.60. The Kier molecular flexibility index (Phi) is 5.52. The fourth-order valence-corrected chi connectivity index (χ4v) is 5.55. The van der Waals surface area contributed by atoms with Crippen molar-refractivity contribution in [2.24, 2.45) is 0 Å². The van der Waals surface area contributed by atoms with Crippen molar-refractivity contribution < 1.29 is 4.79 Å². The van der Waals surface area contributed by atoms with Crippen LogP contribution >= 0.6 is 10.0 Å². The summed E-state index contributed by atoms with van der Waals surface area (Å²) in [4.78, 5) is 19.5. The SMILES string of the molecule is CC.CN(C)c1ccc2c(c1)S(C)(C)c1cc(N(C)C)ccc1C2=O. The van der Waals surface area contributed by atoms with E-state index < -0.39 is 10.0 Å². The largest absolute Gasteiger partial charge is 0.378 e. The maximum Gasteiger partial charge on any atom is 0.195 e. The Labute approximate surface area is 154 Å². The third kappa shape index (κ3) is 3.28. The summed E-state index contributed by atoms with van der Waals surface area (Å²) in [7, 11) is 6.92. The zero-order valence-corrected chi connectivity index (χ0v) is 17.5. The second-order valence-electron chi connectivity index (χ2n) is 6.81. The van der Waals surface area contributed by atoms with Gasteiger partial charge in [0.1, 0.15) is 0 Å². The molecule has 2 aromatic carbocycles. The Balaban J connectivity index is 0.00000109. The molecule has 0 aliphatic carbocycles. The van der Waals surface area contributed by atoms with Crippen LogP contribution in [0.1, 0.15) is 29.8 Å². The van der Waals surface area contributed by atoms with Crippen LogP contribution in [0.25, 0.3) is 0 Å². The van der Waals surface area contributed by atoms with Crippen molar-refractivity contribution in [3.05, 3.63) is 47.5 Å². The maximum absolute atomic E-state index is 12.9. The zero-order valence-electron chi connectivity index (χ0n) is 16.7. The lowest BCUT2D eigenvalue weighted by Gasteiger charge is -2.40. The maximum atomic E-state index is 12.9. The van der Waals surface area contributed by atoms with Gasteiger partial charge in [0.15, 0.2) is 5.78 Å². The number of benzene rings is 2. The first-order valence-electron chi connectivity index (χ1n) is 8.64. The molecule has 0 N–H and O–H groups in total. The van der Waals surface area contributed by atoms with Gasteiger partial charge in [-0.05, 0) is 48.9 Å². The van der Waals surface area contributed by atoms with E-state index in [9.17, 15) is 4.79 Å². The van der Waals surface area contributed by atoms with Crippen LogP contribution in [0, 0.1) is 0 Å². The molecule has 1 aliphatic heterocycles. The summed E-state index contributed by atoms with van der Waals surface area (Å²) in [6, 6.07) is 12.4. The van der Waals surface area contributed by atoms with Crippen LogP contribution in [0.3, 0.4) is 0 Å². The first-order valence-corrected chi connectivity index (χ1v) is 11.1. The highest BCUT2D eigenvalue weighted by Gasteiger charge is 2.34. The van der Waals surface area contributed by atoms with E-state index in [2.05, 4.69) is 34.4 Å².